The number of alkyl halides is 15. The average Bonchev–Trinajstić information content (AvgIpc) is 1.53. The molecule has 1 aliphatic heterocycles. The number of halogens is 20. The molecule has 630 valence electrons. The summed E-state index contributed by atoms with van der Waals surface area (Å²) in [6, 6.07) is 32.4. The minimum atomic E-state index is -4.99. The summed E-state index contributed by atoms with van der Waals surface area (Å²) < 4.78 is 295. The van der Waals surface area contributed by atoms with Crippen LogP contribution in [-0.2, 0) is 58.2 Å². The molecule has 0 aliphatic carbocycles. The molecule has 0 radical (unpaired) electrons. The first-order valence-corrected chi connectivity index (χ1v) is 38.0. The van der Waals surface area contributed by atoms with Gasteiger partial charge in [-0.25, -0.2) is 22.0 Å². The van der Waals surface area contributed by atoms with Gasteiger partial charge in [0, 0.05) is 22.6 Å². The second-order valence-electron chi connectivity index (χ2n) is 32.4. The summed E-state index contributed by atoms with van der Waals surface area (Å²) >= 11 is 0. The van der Waals surface area contributed by atoms with Crippen LogP contribution in [0.4, 0.5) is 87.8 Å². The lowest BCUT2D eigenvalue weighted by molar-refractivity contribution is -0.264. The molecule has 7 aromatic carbocycles. The van der Waals surface area contributed by atoms with Crippen molar-refractivity contribution < 1.29 is 121 Å². The van der Waals surface area contributed by atoms with Crippen molar-refractivity contribution in [1.29, 1.82) is 0 Å². The molecule has 0 saturated carbocycles. The van der Waals surface area contributed by atoms with Crippen LogP contribution in [0.15, 0.2) is 149 Å². The number of epoxide rings is 1. The number of aryl methyl sites for hydroxylation is 7. The molecule has 3 N–H and O–H groups in total. The van der Waals surface area contributed by atoms with E-state index in [0.717, 1.165) is 16.7 Å². The van der Waals surface area contributed by atoms with Gasteiger partial charge in [0.05, 0.1) is 39.7 Å². The van der Waals surface area contributed by atoms with E-state index < -0.39 is 180 Å². The molecule has 0 bridgehead atoms. The van der Waals surface area contributed by atoms with Crippen molar-refractivity contribution in [3.8, 4) is 12.3 Å². The number of benzene rings is 7. The molecule has 1 aliphatic rings. The van der Waals surface area contributed by atoms with Gasteiger partial charge in [-0.15, -0.1) is 12.3 Å². The Morgan fingerprint density at radius 3 is 0.877 bits per heavy atom. The SMILES string of the molecule is C#CC[C@](O)(CC(C)(C)c1cc(F)ccc1C)C(F)(F)F.Cc1ccc(F)cc1C(C)(C)CC(=O)C(F)(F)F.Cc1ccc(F)cc1C(C)(C)C[C@]1(C(F)(F)F)CO1.Cc1ccc([S@](=O)C[C@](O)(CC(C)(C)c2cc(F)ccc2C)C(F)(F)F)cc1.Cc1ccc([S@](=O)C[C@](O)(CC(C)(C)c2cc(F)ccc2C)C(F)(F)F)cc1. The van der Waals surface area contributed by atoms with Gasteiger partial charge in [0.15, 0.2) is 22.4 Å². The van der Waals surface area contributed by atoms with E-state index in [2.05, 4.69) is 4.74 Å². The molecule has 0 aromatic heterocycles. The Bertz CT molecular complexity index is 4380. The second-order valence-corrected chi connectivity index (χ2v) is 35.3. The van der Waals surface area contributed by atoms with Gasteiger partial charge in [0.25, 0.3) is 0 Å². The van der Waals surface area contributed by atoms with Gasteiger partial charge >= 0.3 is 30.9 Å². The van der Waals surface area contributed by atoms with Crippen LogP contribution in [0.3, 0.4) is 0 Å². The lowest BCUT2D eigenvalue weighted by Crippen LogP contribution is -2.53. The lowest BCUT2D eigenvalue weighted by Gasteiger charge is -2.38. The van der Waals surface area contributed by atoms with Crippen molar-refractivity contribution in [3.05, 3.63) is 235 Å². The van der Waals surface area contributed by atoms with Crippen molar-refractivity contribution in [2.45, 2.75) is 246 Å². The Balaban J connectivity index is 0.000000304. The summed E-state index contributed by atoms with van der Waals surface area (Å²) in [6.07, 6.45) is -23.0. The fourth-order valence-corrected chi connectivity index (χ4v) is 16.4. The smallest absolute Gasteiger partial charge is 0.380 e. The van der Waals surface area contributed by atoms with Gasteiger partial charge < -0.3 is 20.1 Å². The van der Waals surface area contributed by atoms with Crippen molar-refractivity contribution in [2.24, 2.45) is 0 Å². The van der Waals surface area contributed by atoms with Gasteiger partial charge in [0.2, 0.25) is 5.78 Å². The average molecular weight is 1670 g/mol. The van der Waals surface area contributed by atoms with E-state index in [1.165, 1.54) is 165 Å². The predicted molar refractivity (Wildman–Crippen MR) is 401 cm³/mol. The van der Waals surface area contributed by atoms with Crippen LogP contribution in [0.5, 0.6) is 0 Å². The molecule has 0 spiro atoms. The van der Waals surface area contributed by atoms with Crippen LogP contribution in [0.1, 0.15) is 175 Å². The Hall–Kier alpha value is -7.49. The molecule has 7 aromatic rings. The zero-order chi connectivity index (χ0) is 87.7. The van der Waals surface area contributed by atoms with E-state index in [1.807, 2.05) is 19.8 Å². The van der Waals surface area contributed by atoms with Gasteiger partial charge in [-0.05, 0) is 242 Å². The number of ether oxygens (including phenoxy) is 1. The number of carbonyl (C=O) groups is 1. The minimum Gasteiger partial charge on any atom is -0.380 e. The molecule has 0 amide bonds. The number of ketones is 1. The first-order valence-electron chi connectivity index (χ1n) is 35.4. The molecule has 6 atom stereocenters. The van der Waals surface area contributed by atoms with Crippen LogP contribution in [0.2, 0.25) is 0 Å². The molecular weight excluding hydrogens is 1580 g/mol. The fourth-order valence-electron chi connectivity index (χ4n) is 13.8. The van der Waals surface area contributed by atoms with E-state index in [-0.39, 0.29) is 22.8 Å². The van der Waals surface area contributed by atoms with Gasteiger partial charge in [-0.2, -0.15) is 65.9 Å². The largest absolute Gasteiger partial charge is 0.450 e. The van der Waals surface area contributed by atoms with Crippen LogP contribution in [0, 0.1) is 89.9 Å². The number of carbonyl (C=O) groups excluding carboxylic acids is 1. The van der Waals surface area contributed by atoms with Crippen molar-refractivity contribution in [2.75, 3.05) is 18.1 Å². The Labute approximate surface area is 657 Å². The summed E-state index contributed by atoms with van der Waals surface area (Å²) in [5, 5.41) is 31.1. The molecule has 29 heteroatoms. The maximum Gasteiger partial charge on any atom is 0.450 e. The molecule has 1 heterocycles. The molecule has 7 nitrogen and oxygen atoms in total. The summed E-state index contributed by atoms with van der Waals surface area (Å²) in [6.45, 7) is 27.3. The summed E-state index contributed by atoms with van der Waals surface area (Å²) in [5.74, 6) is -4.52. The number of hydrogen-bond donors (Lipinski definition) is 3. The minimum absolute atomic E-state index is 0.201. The maximum absolute atomic E-state index is 13.8. The second kappa shape index (κ2) is 37.0. The van der Waals surface area contributed by atoms with E-state index in [9.17, 15) is 116 Å². The topological polar surface area (TPSA) is 124 Å². The molecule has 8 rings (SSSR count). The molecular formula is C85H96F20O7S2. The molecule has 0 unspecified atom stereocenters. The molecule has 1 fully saturated rings. The fraction of sp³-hybridized carbons (Fsp3) is 0.471. The number of hydrogen-bond acceptors (Lipinski definition) is 7. The number of terminal acetylenes is 1. The highest BCUT2D eigenvalue weighted by atomic mass is 32.2. The van der Waals surface area contributed by atoms with E-state index >= 15 is 0 Å². The van der Waals surface area contributed by atoms with Crippen molar-refractivity contribution >= 4 is 27.4 Å². The Morgan fingerprint density at radius 1 is 0.404 bits per heavy atom. The monoisotopic (exact) mass is 1670 g/mol. The van der Waals surface area contributed by atoms with Crippen LogP contribution >= 0.6 is 0 Å². The lowest BCUT2D eigenvalue weighted by atomic mass is 9.72. The number of aliphatic hydroxyl groups is 3. The van der Waals surface area contributed by atoms with Gasteiger partial charge in [-0.1, -0.05) is 135 Å². The van der Waals surface area contributed by atoms with Gasteiger partial charge in [-0.3, -0.25) is 13.2 Å². The highest BCUT2D eigenvalue weighted by Gasteiger charge is 2.67. The summed E-state index contributed by atoms with van der Waals surface area (Å²) in [4.78, 5) is 11.5. The van der Waals surface area contributed by atoms with E-state index in [4.69, 9.17) is 6.42 Å². The van der Waals surface area contributed by atoms with Crippen LogP contribution in [-0.4, -0.2) is 101 Å². The Kier molecular flexibility index (Phi) is 32.1. The number of Topliss-reactive ketones (excluding diaryl/α,β-unsaturated/α-hetero) is 1. The zero-order valence-electron chi connectivity index (χ0n) is 66.1. The predicted octanol–water partition coefficient (Wildman–Crippen LogP) is 22.6. The first kappa shape index (κ1) is 98.9. The third-order valence-corrected chi connectivity index (χ3v) is 22.9. The highest BCUT2D eigenvalue weighted by molar-refractivity contribution is 7.85. The van der Waals surface area contributed by atoms with Crippen molar-refractivity contribution in [3.63, 3.8) is 0 Å². The number of rotatable bonds is 22. The van der Waals surface area contributed by atoms with Gasteiger partial charge in [0.1, 0.15) is 29.1 Å². The van der Waals surface area contributed by atoms with E-state index in [0.29, 0.717) is 50.1 Å². The standard InChI is InChI=1S/2C21H24F4O2S.C16H18F4O.C14H16F4O.C13H14F4O/c2*1-14-5-9-17(10-6-14)28(27)13-20(26,21(23,24)25)12-19(3,4)18-11-16(22)8-7-15(18)2;1-5-8-15(21,16(18,19)20)10-14(3,4)13-9-12(17)7-6-11(13)2;1-9-4-5-10(15)6-11(9)12(2,3)7-13(8-19-13)14(16,17)18;1-8-4-5-9(14)6-10(8)12(2,3)7-11(18)13(15,16)17/h2*5-11,26H,12-13H2,1-4H3;1,6-7,9,21H,8,10H2,2-4H3;4-6H,7-8H2,1-3H3;4-6H,7H2,1-3H3/t2*20-,28-;15-;13-;/m1101./s1. The zero-order valence-corrected chi connectivity index (χ0v) is 67.7. The molecule has 1 saturated heterocycles. The van der Waals surface area contributed by atoms with E-state index in [1.54, 1.807) is 78.8 Å². The summed E-state index contributed by atoms with van der Waals surface area (Å²) in [5.41, 5.74) is -9.51. The Morgan fingerprint density at radius 2 is 0.649 bits per heavy atom. The quantitative estimate of drug-likeness (QED) is 0.0351. The van der Waals surface area contributed by atoms with Crippen LogP contribution < -0.4 is 0 Å². The maximum atomic E-state index is 13.8. The summed E-state index contributed by atoms with van der Waals surface area (Å²) in [7, 11) is -4.10. The molecule has 114 heavy (non-hydrogen) atoms. The third kappa shape index (κ3) is 26.5. The highest BCUT2D eigenvalue weighted by Crippen LogP contribution is 2.52. The van der Waals surface area contributed by atoms with Crippen molar-refractivity contribution in [1.82, 2.24) is 0 Å². The normalized spacial score (nSPS) is 16.6. The first-order chi connectivity index (χ1) is 51.5. The third-order valence-electron chi connectivity index (χ3n) is 19.8. The van der Waals surface area contributed by atoms with Crippen LogP contribution in [0.25, 0.3) is 0 Å².